The molecule has 6 rings (SSSR count). The molecule has 452 valence electrons. The zero-order valence-corrected chi connectivity index (χ0v) is 46.1. The van der Waals surface area contributed by atoms with E-state index >= 15 is 0 Å². The number of carbonyl (C=O) groups is 7. The number of nitrogens with zero attached hydrogens (tertiary/aromatic N) is 2. The molecular weight excluding hydrogens is 1090 g/mol. The van der Waals surface area contributed by atoms with Gasteiger partial charge in [0.25, 0.3) is 11.2 Å². The molecule has 4 fully saturated rings. The SMILES string of the molecule is C[C@@H](O)[C@@H]1NC(=O)[C@@H](NC(=O)OC(C)(C)C)C[C@@H](O)CNC(=O)[C@@H]2[C@@H](O)[C@@H](C)CN2C(=O)[C@H]([C@H](O)CCNCC2COC(c3ccccc3)OC2)NC(=O)[C@H]([C@H](O)Cc2ccc(O)c(OS(O)(O)O)c2)NC(=O)[C@@H]2C[C@@H](O)CN2C1=O. The van der Waals surface area contributed by atoms with Crippen LogP contribution < -0.4 is 36.1 Å². The van der Waals surface area contributed by atoms with E-state index in [2.05, 4.69) is 36.1 Å². The van der Waals surface area contributed by atoms with Crippen LogP contribution in [-0.4, -0.2) is 225 Å². The Balaban J connectivity index is 1.36. The molecule has 30 heteroatoms. The van der Waals surface area contributed by atoms with Gasteiger partial charge in [0.05, 0.1) is 49.8 Å². The number of alkyl carbamates (subject to hydrolysis) is 1. The molecule has 81 heavy (non-hydrogen) atoms. The van der Waals surface area contributed by atoms with Gasteiger partial charge in [-0.25, -0.2) is 4.79 Å². The first-order chi connectivity index (χ1) is 38.0. The smallest absolute Gasteiger partial charge is 0.408 e. The molecule has 16 N–H and O–H groups in total. The summed E-state index contributed by atoms with van der Waals surface area (Å²) in [6.07, 6.45) is -14.2. The number of aromatic hydroxyl groups is 1. The van der Waals surface area contributed by atoms with Crippen LogP contribution in [0.2, 0.25) is 0 Å². The van der Waals surface area contributed by atoms with Crippen LogP contribution in [0.4, 0.5) is 4.79 Å². The minimum atomic E-state index is -4.72. The van der Waals surface area contributed by atoms with Gasteiger partial charge in [-0.1, -0.05) is 43.3 Å². The maximum atomic E-state index is 15.0. The van der Waals surface area contributed by atoms with Crippen LogP contribution in [-0.2, 0) is 49.4 Å². The summed E-state index contributed by atoms with van der Waals surface area (Å²) in [5.74, 6) is -9.45. The molecule has 2 aromatic rings. The van der Waals surface area contributed by atoms with Crippen molar-refractivity contribution in [3.05, 3.63) is 59.7 Å². The summed E-state index contributed by atoms with van der Waals surface area (Å²) in [4.78, 5) is 102. The first kappa shape index (κ1) is 64.2. The first-order valence-corrected chi connectivity index (χ1v) is 27.8. The maximum absolute atomic E-state index is 15.0. The minimum absolute atomic E-state index is 0.00467. The van der Waals surface area contributed by atoms with E-state index in [0.29, 0.717) is 19.8 Å². The van der Waals surface area contributed by atoms with E-state index < -0.39 is 187 Å². The van der Waals surface area contributed by atoms with Crippen molar-refractivity contribution in [2.45, 2.75) is 145 Å². The van der Waals surface area contributed by atoms with Crippen molar-refractivity contribution >= 4 is 52.7 Å². The molecule has 0 unspecified atom stereocenters. The number of ether oxygens (including phenoxy) is 3. The van der Waals surface area contributed by atoms with Crippen LogP contribution in [0, 0.1) is 11.8 Å². The molecule has 0 aliphatic carbocycles. The Hall–Kier alpha value is -6.00. The maximum Gasteiger partial charge on any atom is 0.408 e. The lowest BCUT2D eigenvalue weighted by atomic mass is 9.98. The molecule has 4 aliphatic rings. The topological polar surface area (TPSA) is 437 Å². The van der Waals surface area contributed by atoms with E-state index in [9.17, 15) is 83.0 Å². The third-order valence-electron chi connectivity index (χ3n) is 13.9. The highest BCUT2D eigenvalue weighted by atomic mass is 32.3. The molecule has 0 radical (unpaired) electrons. The summed E-state index contributed by atoms with van der Waals surface area (Å²) in [5, 5.41) is 93.9. The highest BCUT2D eigenvalue weighted by molar-refractivity contribution is 8.15. The molecule has 0 bridgehead atoms. The number of phenolic OH excluding ortho intramolecular Hbond substituents is 1. The van der Waals surface area contributed by atoms with E-state index in [1.165, 1.54) is 33.8 Å². The zero-order chi connectivity index (χ0) is 59.7. The van der Waals surface area contributed by atoms with Gasteiger partial charge in [-0.3, -0.25) is 42.4 Å². The van der Waals surface area contributed by atoms with Gasteiger partial charge >= 0.3 is 6.09 Å². The second-order valence-corrected chi connectivity index (χ2v) is 22.9. The number of rotatable bonds is 14. The molecular formula is C51H76N8O21S. The number of β-amino-alcohol motifs (C(OH)–C–C–N with tert-alkyl or cyclic N) is 1. The summed E-state index contributed by atoms with van der Waals surface area (Å²) in [5.41, 5.74) is -0.302. The van der Waals surface area contributed by atoms with Gasteiger partial charge in [-0.2, -0.15) is 0 Å². The summed E-state index contributed by atoms with van der Waals surface area (Å²) in [6, 6.07) is 1.05. The molecule has 0 saturated carbocycles. The van der Waals surface area contributed by atoms with Gasteiger partial charge in [0.15, 0.2) is 17.8 Å². The average molecular weight is 1170 g/mol. The van der Waals surface area contributed by atoms with Crippen molar-refractivity contribution in [3.8, 4) is 11.5 Å². The highest BCUT2D eigenvalue weighted by Crippen LogP contribution is 2.41. The monoisotopic (exact) mass is 1170 g/mol. The largest absolute Gasteiger partial charge is 0.504 e. The van der Waals surface area contributed by atoms with Crippen LogP contribution in [0.5, 0.6) is 11.5 Å². The molecule has 0 spiro atoms. The fourth-order valence-corrected chi connectivity index (χ4v) is 10.2. The minimum Gasteiger partial charge on any atom is -0.504 e. The van der Waals surface area contributed by atoms with E-state index in [1.807, 2.05) is 30.3 Å². The lowest BCUT2D eigenvalue weighted by Gasteiger charge is -2.34. The predicted octanol–water partition coefficient (Wildman–Crippen LogP) is -2.71. The Bertz CT molecular complexity index is 2510. The van der Waals surface area contributed by atoms with Gasteiger partial charge in [0, 0.05) is 62.8 Å². The number of phenols is 1. The number of hydrogen-bond donors (Lipinski definition) is 16. The van der Waals surface area contributed by atoms with Crippen molar-refractivity contribution in [1.82, 2.24) is 41.7 Å². The van der Waals surface area contributed by atoms with Gasteiger partial charge < -0.3 is 95.8 Å². The molecule has 29 nitrogen and oxygen atoms in total. The number of aliphatic hydroxyl groups is 6. The fraction of sp³-hybridized carbons (Fsp3) is 0.627. The lowest BCUT2D eigenvalue weighted by molar-refractivity contribution is -0.204. The average Bonchev–Trinajstić information content (AvgIpc) is 4.11. The quantitative estimate of drug-likeness (QED) is 0.0856. The van der Waals surface area contributed by atoms with Crippen molar-refractivity contribution in [1.29, 1.82) is 0 Å². The standard InChI is InChI=1S/C51H76N8O21S/c1-25-21-59-41(42(25)66)46(70)53-20-30(61)17-32(54-50(73)79-51(3,4)5)43(67)55-38(26(2)60)47(71)58-22-31(62)18-33(58)44(68)56-39(36(65)15-27-11-12-34(63)37(16-27)80-81(74,75)76)45(69)57-40(48(59)72)35(64)13-14-52-19-28-23-77-49(78-24-28)29-9-7-6-8-10-29/h6-12,16,25-26,28,30-33,35-36,38-42,49,52,60-66,74-76H,13-15,17-24H2,1-5H3,(H,53,70)(H,54,73)(H,55,67)(H,56,68)(H,57,69)/t25-,26+,28?,30+,31+,32-,33-,35+,36+,38-,39-,40-,41-,42-,49?/m0/s1. The molecule has 4 heterocycles. The van der Waals surface area contributed by atoms with E-state index in [1.54, 1.807) is 0 Å². The molecule has 4 saturated heterocycles. The Labute approximate surface area is 468 Å². The third kappa shape index (κ3) is 17.8. The summed E-state index contributed by atoms with van der Waals surface area (Å²) in [7, 11) is 0. The normalized spacial score (nSPS) is 30.0. The second kappa shape index (κ2) is 27.8. The first-order valence-electron chi connectivity index (χ1n) is 26.4. The molecule has 0 aromatic heterocycles. The van der Waals surface area contributed by atoms with Crippen LogP contribution in [0.3, 0.4) is 0 Å². The molecule has 2 aromatic carbocycles. The predicted molar refractivity (Wildman–Crippen MR) is 283 cm³/mol. The van der Waals surface area contributed by atoms with E-state index in [4.69, 9.17) is 14.2 Å². The summed E-state index contributed by atoms with van der Waals surface area (Å²) in [6.45, 7) is 6.51. The Morgan fingerprint density at radius 1 is 0.802 bits per heavy atom. The number of fused-ring (bicyclic) bond motifs is 2. The highest BCUT2D eigenvalue weighted by Gasteiger charge is 2.50. The zero-order valence-electron chi connectivity index (χ0n) is 45.3. The van der Waals surface area contributed by atoms with Gasteiger partial charge in [-0.05, 0) is 58.4 Å². The molecule has 4 aliphatic heterocycles. The van der Waals surface area contributed by atoms with Crippen LogP contribution in [0.1, 0.15) is 71.3 Å². The molecule has 13 atom stereocenters. The van der Waals surface area contributed by atoms with Crippen LogP contribution in [0.15, 0.2) is 48.5 Å². The number of benzene rings is 2. The van der Waals surface area contributed by atoms with Crippen molar-refractivity contribution in [2.24, 2.45) is 11.8 Å². The van der Waals surface area contributed by atoms with E-state index in [0.717, 1.165) is 34.4 Å². The summed E-state index contributed by atoms with van der Waals surface area (Å²) >= 11 is -4.72. The number of carbonyl (C=O) groups excluding carboxylic acids is 7. The van der Waals surface area contributed by atoms with Gasteiger partial charge in [0.2, 0.25) is 35.4 Å². The van der Waals surface area contributed by atoms with Crippen molar-refractivity contribution in [3.63, 3.8) is 0 Å². The number of nitrogens with one attached hydrogen (secondary N) is 6. The van der Waals surface area contributed by atoms with Crippen LogP contribution >= 0.6 is 11.2 Å². The van der Waals surface area contributed by atoms with Crippen LogP contribution in [0.25, 0.3) is 0 Å². The van der Waals surface area contributed by atoms with Crippen molar-refractivity contribution < 1.29 is 101 Å². The van der Waals surface area contributed by atoms with Gasteiger partial charge in [-0.15, -0.1) is 0 Å². The number of amides is 7. The van der Waals surface area contributed by atoms with Gasteiger partial charge in [0.1, 0.15) is 41.9 Å². The summed E-state index contributed by atoms with van der Waals surface area (Å²) < 4.78 is 50.4. The Morgan fingerprint density at radius 2 is 1.44 bits per heavy atom. The van der Waals surface area contributed by atoms with Crippen molar-refractivity contribution in [2.75, 3.05) is 45.9 Å². The number of hydrogen-bond acceptors (Lipinski definition) is 22. The second-order valence-electron chi connectivity index (χ2n) is 21.8. The lowest BCUT2D eigenvalue weighted by Crippen LogP contribution is -2.64. The Kier molecular flexibility index (Phi) is 22.1. The van der Waals surface area contributed by atoms with E-state index in [-0.39, 0.29) is 31.0 Å². The number of aliphatic hydroxyl groups excluding tert-OH is 6. The third-order valence-corrected chi connectivity index (χ3v) is 14.3. The Morgan fingerprint density at radius 3 is 2.09 bits per heavy atom. The molecule has 7 amide bonds. The fourth-order valence-electron chi connectivity index (χ4n) is 9.79.